The standard InChI is InChI=1S/C20H15N3O4/c24-19(14-9-11-18(12-10-14)23(26)27)22-17-8-4-5-15(13-17)20(25)21-16-6-2-1-3-7-16/h1-13H,(H,21,25)(H,22,24). The second kappa shape index (κ2) is 7.92. The second-order valence-electron chi connectivity index (χ2n) is 5.66. The smallest absolute Gasteiger partial charge is 0.269 e. The molecule has 3 aromatic carbocycles. The number of nitro benzene ring substituents is 1. The van der Waals surface area contributed by atoms with Gasteiger partial charge in [0.1, 0.15) is 0 Å². The summed E-state index contributed by atoms with van der Waals surface area (Å²) in [5.74, 6) is -0.724. The van der Waals surface area contributed by atoms with Crippen molar-refractivity contribution in [2.75, 3.05) is 10.6 Å². The quantitative estimate of drug-likeness (QED) is 0.527. The lowest BCUT2D eigenvalue weighted by Crippen LogP contribution is -2.14. The maximum atomic E-state index is 12.3. The monoisotopic (exact) mass is 361 g/mol. The van der Waals surface area contributed by atoms with Crippen LogP contribution in [0.3, 0.4) is 0 Å². The van der Waals surface area contributed by atoms with E-state index in [2.05, 4.69) is 10.6 Å². The first-order valence-corrected chi connectivity index (χ1v) is 8.05. The van der Waals surface area contributed by atoms with Crippen molar-refractivity contribution in [1.82, 2.24) is 0 Å². The van der Waals surface area contributed by atoms with Crippen LogP contribution in [0.2, 0.25) is 0 Å². The van der Waals surface area contributed by atoms with Gasteiger partial charge < -0.3 is 10.6 Å². The molecule has 0 aromatic heterocycles. The molecular formula is C20H15N3O4. The molecule has 3 aromatic rings. The number of carbonyl (C=O) groups excluding carboxylic acids is 2. The van der Waals surface area contributed by atoms with Crippen LogP contribution in [0.5, 0.6) is 0 Å². The van der Waals surface area contributed by atoms with Crippen LogP contribution in [0.25, 0.3) is 0 Å². The average Bonchev–Trinajstić information content (AvgIpc) is 2.69. The zero-order chi connectivity index (χ0) is 19.2. The Kier molecular flexibility index (Phi) is 5.22. The van der Waals surface area contributed by atoms with E-state index < -0.39 is 10.8 Å². The van der Waals surface area contributed by atoms with E-state index in [1.165, 1.54) is 24.3 Å². The Morgan fingerprint density at radius 2 is 1.30 bits per heavy atom. The lowest BCUT2D eigenvalue weighted by Gasteiger charge is -2.08. The molecule has 0 radical (unpaired) electrons. The largest absolute Gasteiger partial charge is 0.322 e. The van der Waals surface area contributed by atoms with Crippen LogP contribution in [0, 0.1) is 10.1 Å². The Balaban J connectivity index is 1.70. The highest BCUT2D eigenvalue weighted by Gasteiger charge is 2.11. The second-order valence-corrected chi connectivity index (χ2v) is 5.66. The van der Waals surface area contributed by atoms with E-state index >= 15 is 0 Å². The van der Waals surface area contributed by atoms with Crippen LogP contribution >= 0.6 is 0 Å². The Morgan fingerprint density at radius 3 is 1.96 bits per heavy atom. The normalized spacial score (nSPS) is 10.1. The molecule has 27 heavy (non-hydrogen) atoms. The Morgan fingerprint density at radius 1 is 0.704 bits per heavy atom. The predicted octanol–water partition coefficient (Wildman–Crippen LogP) is 4.10. The third-order valence-electron chi connectivity index (χ3n) is 3.75. The molecule has 0 aliphatic heterocycles. The van der Waals surface area contributed by atoms with E-state index in [4.69, 9.17) is 0 Å². The number of hydrogen-bond donors (Lipinski definition) is 2. The minimum atomic E-state index is -0.531. The van der Waals surface area contributed by atoms with Gasteiger partial charge in [0.2, 0.25) is 0 Å². The number of nitro groups is 1. The summed E-state index contributed by atoms with van der Waals surface area (Å²) in [5, 5.41) is 16.1. The minimum Gasteiger partial charge on any atom is -0.322 e. The van der Waals surface area contributed by atoms with Gasteiger partial charge in [0.25, 0.3) is 17.5 Å². The molecule has 2 amide bonds. The summed E-state index contributed by atoms with van der Waals surface area (Å²) in [6.07, 6.45) is 0. The van der Waals surface area contributed by atoms with E-state index in [1.807, 2.05) is 18.2 Å². The van der Waals surface area contributed by atoms with E-state index in [0.29, 0.717) is 16.9 Å². The number of anilines is 2. The summed E-state index contributed by atoms with van der Waals surface area (Å²) < 4.78 is 0. The molecule has 7 heteroatoms. The summed E-state index contributed by atoms with van der Waals surface area (Å²) in [6.45, 7) is 0. The van der Waals surface area contributed by atoms with Crippen LogP contribution in [0.4, 0.5) is 17.1 Å². The number of carbonyl (C=O) groups is 2. The van der Waals surface area contributed by atoms with Gasteiger partial charge in [-0.05, 0) is 42.5 Å². The van der Waals surface area contributed by atoms with Gasteiger partial charge in [0.15, 0.2) is 0 Å². The van der Waals surface area contributed by atoms with E-state index in [0.717, 1.165) is 0 Å². The SMILES string of the molecule is O=C(Nc1cccc(C(=O)Nc2ccccc2)c1)c1ccc([N+](=O)[O-])cc1. The van der Waals surface area contributed by atoms with Crippen molar-refractivity contribution in [3.63, 3.8) is 0 Å². The van der Waals surface area contributed by atoms with Gasteiger partial charge in [-0.15, -0.1) is 0 Å². The molecule has 0 bridgehead atoms. The molecule has 0 aliphatic carbocycles. The molecule has 7 nitrogen and oxygen atoms in total. The van der Waals surface area contributed by atoms with Crippen molar-refractivity contribution in [2.45, 2.75) is 0 Å². The summed E-state index contributed by atoms with van der Waals surface area (Å²) >= 11 is 0. The van der Waals surface area contributed by atoms with Gasteiger partial charge in [-0.25, -0.2) is 0 Å². The van der Waals surface area contributed by atoms with E-state index in [9.17, 15) is 19.7 Å². The molecule has 0 atom stereocenters. The molecule has 2 N–H and O–H groups in total. The van der Waals surface area contributed by atoms with Gasteiger partial charge in [0.05, 0.1) is 4.92 Å². The van der Waals surface area contributed by atoms with Crippen molar-refractivity contribution < 1.29 is 14.5 Å². The molecular weight excluding hydrogens is 346 g/mol. The molecule has 0 aliphatic rings. The lowest BCUT2D eigenvalue weighted by molar-refractivity contribution is -0.384. The summed E-state index contributed by atoms with van der Waals surface area (Å²) in [4.78, 5) is 34.8. The highest BCUT2D eigenvalue weighted by molar-refractivity contribution is 6.07. The average molecular weight is 361 g/mol. The van der Waals surface area contributed by atoms with Crippen LogP contribution in [0.1, 0.15) is 20.7 Å². The third kappa shape index (κ3) is 4.55. The highest BCUT2D eigenvalue weighted by Crippen LogP contribution is 2.16. The number of amides is 2. The Labute approximate surface area is 154 Å². The van der Waals surface area contributed by atoms with Crippen molar-refractivity contribution in [1.29, 1.82) is 0 Å². The fourth-order valence-corrected chi connectivity index (χ4v) is 2.40. The fraction of sp³-hybridized carbons (Fsp3) is 0. The molecule has 0 fully saturated rings. The first kappa shape index (κ1) is 17.8. The first-order chi connectivity index (χ1) is 13.0. The van der Waals surface area contributed by atoms with Crippen molar-refractivity contribution in [2.24, 2.45) is 0 Å². The van der Waals surface area contributed by atoms with Gasteiger partial charge in [-0.2, -0.15) is 0 Å². The summed E-state index contributed by atoms with van der Waals surface area (Å²) in [7, 11) is 0. The van der Waals surface area contributed by atoms with Gasteiger partial charge in [0, 0.05) is 34.6 Å². The van der Waals surface area contributed by atoms with Crippen LogP contribution < -0.4 is 10.6 Å². The Bertz CT molecular complexity index is 986. The van der Waals surface area contributed by atoms with E-state index in [1.54, 1.807) is 36.4 Å². The number of hydrogen-bond acceptors (Lipinski definition) is 4. The zero-order valence-electron chi connectivity index (χ0n) is 14.1. The molecule has 0 spiro atoms. The van der Waals surface area contributed by atoms with E-state index in [-0.39, 0.29) is 17.2 Å². The summed E-state index contributed by atoms with van der Waals surface area (Å²) in [6, 6.07) is 20.8. The number of benzene rings is 3. The maximum absolute atomic E-state index is 12.3. The third-order valence-corrected chi connectivity index (χ3v) is 3.75. The molecule has 134 valence electrons. The minimum absolute atomic E-state index is 0.0915. The van der Waals surface area contributed by atoms with Crippen LogP contribution in [0.15, 0.2) is 78.9 Å². The van der Waals surface area contributed by atoms with Crippen LogP contribution in [-0.4, -0.2) is 16.7 Å². The number of non-ortho nitro benzene ring substituents is 1. The number of nitrogens with zero attached hydrogens (tertiary/aromatic N) is 1. The molecule has 0 heterocycles. The zero-order valence-corrected chi connectivity index (χ0v) is 14.1. The van der Waals surface area contributed by atoms with Crippen molar-refractivity contribution in [3.8, 4) is 0 Å². The van der Waals surface area contributed by atoms with Crippen molar-refractivity contribution in [3.05, 3.63) is 100 Å². The number of nitrogens with one attached hydrogen (secondary N) is 2. The number of para-hydroxylation sites is 1. The highest BCUT2D eigenvalue weighted by atomic mass is 16.6. The topological polar surface area (TPSA) is 101 Å². The summed E-state index contributed by atoms with van der Waals surface area (Å²) in [5.41, 5.74) is 1.69. The first-order valence-electron chi connectivity index (χ1n) is 8.05. The van der Waals surface area contributed by atoms with Crippen LogP contribution in [-0.2, 0) is 0 Å². The Hall–Kier alpha value is -4.00. The van der Waals surface area contributed by atoms with Gasteiger partial charge >= 0.3 is 0 Å². The molecule has 3 rings (SSSR count). The van der Waals surface area contributed by atoms with Gasteiger partial charge in [-0.3, -0.25) is 19.7 Å². The van der Waals surface area contributed by atoms with Crippen molar-refractivity contribution >= 4 is 28.9 Å². The number of rotatable bonds is 5. The van der Waals surface area contributed by atoms with Gasteiger partial charge in [-0.1, -0.05) is 24.3 Å². The molecule has 0 unspecified atom stereocenters. The maximum Gasteiger partial charge on any atom is 0.269 e. The lowest BCUT2D eigenvalue weighted by atomic mass is 10.1. The molecule has 0 saturated carbocycles. The fourth-order valence-electron chi connectivity index (χ4n) is 2.40. The predicted molar refractivity (Wildman–Crippen MR) is 102 cm³/mol. The molecule has 0 saturated heterocycles.